The number of carbonyl (C=O) groups excluding carboxylic acids is 1. The zero-order valence-electron chi connectivity index (χ0n) is 13.4. The number of nitrogens with zero attached hydrogens (tertiary/aromatic N) is 1. The van der Waals surface area contributed by atoms with Gasteiger partial charge in [-0.25, -0.2) is 4.39 Å². The monoisotopic (exact) mass is 349 g/mol. The van der Waals surface area contributed by atoms with E-state index < -0.39 is 5.82 Å². The summed E-state index contributed by atoms with van der Waals surface area (Å²) in [6, 6.07) is 4.99. The molecule has 24 heavy (non-hydrogen) atoms. The van der Waals surface area contributed by atoms with E-state index in [1.54, 1.807) is 6.07 Å². The predicted octanol–water partition coefficient (Wildman–Crippen LogP) is 3.56. The maximum atomic E-state index is 13.4. The van der Waals surface area contributed by atoms with E-state index in [1.807, 2.05) is 4.90 Å². The summed E-state index contributed by atoms with van der Waals surface area (Å²) < 4.78 is 13.4. The van der Waals surface area contributed by atoms with E-state index in [0.717, 1.165) is 32.5 Å². The highest BCUT2D eigenvalue weighted by Gasteiger charge is 2.30. The summed E-state index contributed by atoms with van der Waals surface area (Å²) in [5.74, 6) is 0.238. The van der Waals surface area contributed by atoms with Crippen LogP contribution in [0.15, 0.2) is 18.2 Å². The quantitative estimate of drug-likeness (QED) is 0.870. The molecule has 3 heterocycles. The Labute approximate surface area is 145 Å². The smallest absolute Gasteiger partial charge is 0.270 e. The van der Waals surface area contributed by atoms with Gasteiger partial charge in [-0.2, -0.15) is 0 Å². The summed E-state index contributed by atoms with van der Waals surface area (Å²) in [5.41, 5.74) is 1.04. The first-order valence-electron chi connectivity index (χ1n) is 8.62. The number of rotatable bonds is 2. The minimum Gasteiger partial charge on any atom is -0.350 e. The number of hydrogen-bond acceptors (Lipinski definition) is 2. The second kappa shape index (κ2) is 6.37. The van der Waals surface area contributed by atoms with Gasteiger partial charge in [-0.05, 0) is 56.3 Å². The van der Waals surface area contributed by atoms with Gasteiger partial charge in [0.2, 0.25) is 0 Å². The van der Waals surface area contributed by atoms with Crippen LogP contribution in [-0.2, 0) is 0 Å². The molecule has 2 saturated heterocycles. The molecule has 2 aliphatic rings. The minimum absolute atomic E-state index is 0.0273. The van der Waals surface area contributed by atoms with E-state index in [4.69, 9.17) is 11.6 Å². The average Bonchev–Trinajstić information content (AvgIpc) is 3.24. The Bertz CT molecular complexity index is 761. The van der Waals surface area contributed by atoms with Crippen molar-refractivity contribution < 1.29 is 9.18 Å². The van der Waals surface area contributed by atoms with Crippen LogP contribution in [0.5, 0.6) is 0 Å². The molecule has 1 atom stereocenters. The molecule has 0 spiro atoms. The highest BCUT2D eigenvalue weighted by molar-refractivity contribution is 6.35. The topological polar surface area (TPSA) is 48.1 Å². The van der Waals surface area contributed by atoms with Gasteiger partial charge in [0.05, 0.1) is 10.5 Å². The number of nitrogens with one attached hydrogen (secondary N) is 2. The number of likely N-dealkylation sites (tertiary alicyclic amines) is 1. The molecule has 6 heteroatoms. The van der Waals surface area contributed by atoms with Gasteiger partial charge in [0, 0.05) is 24.5 Å². The minimum atomic E-state index is -0.404. The van der Waals surface area contributed by atoms with E-state index in [2.05, 4.69) is 10.3 Å². The van der Waals surface area contributed by atoms with E-state index in [1.165, 1.54) is 25.0 Å². The average molecular weight is 350 g/mol. The molecule has 2 N–H and O–H groups in total. The SMILES string of the molecule is O=C(c1cc2c(Cl)cc(F)cc2[nH]1)N1CCC(C2CCCN2)CC1. The number of amides is 1. The van der Waals surface area contributed by atoms with Gasteiger partial charge in [-0.1, -0.05) is 11.6 Å². The zero-order chi connectivity index (χ0) is 16.7. The van der Waals surface area contributed by atoms with Crippen LogP contribution in [0.3, 0.4) is 0 Å². The third-order valence-electron chi connectivity index (χ3n) is 5.38. The van der Waals surface area contributed by atoms with Crippen molar-refractivity contribution in [2.45, 2.75) is 31.7 Å². The van der Waals surface area contributed by atoms with Gasteiger partial charge in [0.1, 0.15) is 11.5 Å². The molecule has 1 unspecified atom stereocenters. The number of halogens is 2. The number of fused-ring (bicyclic) bond motifs is 1. The number of H-pyrrole nitrogens is 1. The molecule has 1 amide bonds. The standard InChI is InChI=1S/C18H21ClFN3O/c19-14-8-12(20)9-16-13(14)10-17(22-16)18(24)23-6-3-11(4-7-23)15-2-1-5-21-15/h8-11,15,21-22H,1-7H2. The van der Waals surface area contributed by atoms with Crippen LogP contribution in [0.2, 0.25) is 5.02 Å². The summed E-state index contributed by atoms with van der Waals surface area (Å²) in [5, 5.41) is 4.58. The van der Waals surface area contributed by atoms with Crippen LogP contribution in [0.1, 0.15) is 36.2 Å². The predicted molar refractivity (Wildman–Crippen MR) is 92.9 cm³/mol. The summed E-state index contributed by atoms with van der Waals surface area (Å²) in [7, 11) is 0. The number of hydrogen-bond donors (Lipinski definition) is 2. The van der Waals surface area contributed by atoms with Crippen LogP contribution in [-0.4, -0.2) is 41.5 Å². The lowest BCUT2D eigenvalue weighted by molar-refractivity contribution is 0.0669. The first-order chi connectivity index (χ1) is 11.6. The lowest BCUT2D eigenvalue weighted by atomic mass is 9.88. The Balaban J connectivity index is 1.47. The maximum Gasteiger partial charge on any atom is 0.270 e. The van der Waals surface area contributed by atoms with Crippen molar-refractivity contribution in [3.63, 3.8) is 0 Å². The third-order valence-corrected chi connectivity index (χ3v) is 5.69. The Morgan fingerprint density at radius 2 is 2.00 bits per heavy atom. The van der Waals surface area contributed by atoms with Gasteiger partial charge in [0.15, 0.2) is 0 Å². The molecule has 0 aliphatic carbocycles. The largest absolute Gasteiger partial charge is 0.350 e. The third kappa shape index (κ3) is 2.91. The zero-order valence-corrected chi connectivity index (χ0v) is 14.2. The van der Waals surface area contributed by atoms with Crippen molar-refractivity contribution in [3.05, 3.63) is 34.7 Å². The number of piperidine rings is 1. The van der Waals surface area contributed by atoms with E-state index in [-0.39, 0.29) is 5.91 Å². The Kier molecular flexibility index (Phi) is 4.22. The van der Waals surface area contributed by atoms with Crippen LogP contribution < -0.4 is 5.32 Å². The lowest BCUT2D eigenvalue weighted by Gasteiger charge is -2.34. The van der Waals surface area contributed by atoms with Gasteiger partial charge < -0.3 is 15.2 Å². The van der Waals surface area contributed by atoms with Crippen LogP contribution in [0.25, 0.3) is 10.9 Å². The second-order valence-corrected chi connectivity index (χ2v) is 7.27. The normalized spacial score (nSPS) is 22.4. The lowest BCUT2D eigenvalue weighted by Crippen LogP contribution is -2.43. The van der Waals surface area contributed by atoms with Crippen molar-refractivity contribution >= 4 is 28.4 Å². The molecule has 0 radical (unpaired) electrons. The first kappa shape index (κ1) is 15.9. The van der Waals surface area contributed by atoms with Gasteiger partial charge in [-0.15, -0.1) is 0 Å². The molecule has 128 valence electrons. The molecule has 2 fully saturated rings. The molecule has 4 rings (SSSR count). The Morgan fingerprint density at radius 3 is 2.71 bits per heavy atom. The van der Waals surface area contributed by atoms with Crippen LogP contribution >= 0.6 is 11.6 Å². The maximum absolute atomic E-state index is 13.4. The van der Waals surface area contributed by atoms with E-state index >= 15 is 0 Å². The fourth-order valence-corrected chi connectivity index (χ4v) is 4.33. The molecule has 4 nitrogen and oxygen atoms in total. The molecular weight excluding hydrogens is 329 g/mol. The van der Waals surface area contributed by atoms with Crippen LogP contribution in [0, 0.1) is 11.7 Å². The molecule has 1 aromatic heterocycles. The summed E-state index contributed by atoms with van der Waals surface area (Å²) in [6.45, 7) is 2.68. The van der Waals surface area contributed by atoms with E-state index in [0.29, 0.717) is 33.6 Å². The van der Waals surface area contributed by atoms with Gasteiger partial charge in [0.25, 0.3) is 5.91 Å². The summed E-state index contributed by atoms with van der Waals surface area (Å²) in [4.78, 5) is 17.6. The molecule has 0 bridgehead atoms. The van der Waals surface area contributed by atoms with Crippen LogP contribution in [0.4, 0.5) is 4.39 Å². The number of carbonyl (C=O) groups is 1. The summed E-state index contributed by atoms with van der Waals surface area (Å²) in [6.07, 6.45) is 4.60. The highest BCUT2D eigenvalue weighted by Crippen LogP contribution is 2.29. The molecule has 2 aliphatic heterocycles. The van der Waals surface area contributed by atoms with Crippen molar-refractivity contribution in [1.29, 1.82) is 0 Å². The fraction of sp³-hybridized carbons (Fsp3) is 0.500. The van der Waals surface area contributed by atoms with Crippen molar-refractivity contribution in [3.8, 4) is 0 Å². The van der Waals surface area contributed by atoms with E-state index in [9.17, 15) is 9.18 Å². The second-order valence-electron chi connectivity index (χ2n) is 6.86. The number of aromatic nitrogens is 1. The van der Waals surface area contributed by atoms with Gasteiger partial charge >= 0.3 is 0 Å². The van der Waals surface area contributed by atoms with Crippen molar-refractivity contribution in [1.82, 2.24) is 15.2 Å². The Hall–Kier alpha value is -1.59. The van der Waals surface area contributed by atoms with Crippen molar-refractivity contribution in [2.75, 3.05) is 19.6 Å². The fourth-order valence-electron chi connectivity index (χ4n) is 4.06. The van der Waals surface area contributed by atoms with Crippen molar-refractivity contribution in [2.24, 2.45) is 5.92 Å². The van der Waals surface area contributed by atoms with Gasteiger partial charge in [-0.3, -0.25) is 4.79 Å². The molecule has 1 aromatic carbocycles. The molecule has 0 saturated carbocycles. The summed E-state index contributed by atoms with van der Waals surface area (Å²) >= 11 is 6.07. The number of aromatic amines is 1. The Morgan fingerprint density at radius 1 is 1.21 bits per heavy atom. The molecular formula is C18H21ClFN3O. The first-order valence-corrected chi connectivity index (χ1v) is 9.00. The number of benzene rings is 1. The highest BCUT2D eigenvalue weighted by atomic mass is 35.5. The molecule has 2 aromatic rings.